The van der Waals surface area contributed by atoms with Gasteiger partial charge < -0.3 is 15.0 Å². The van der Waals surface area contributed by atoms with Crippen molar-refractivity contribution in [1.29, 1.82) is 0 Å². The minimum absolute atomic E-state index is 0.114. The van der Waals surface area contributed by atoms with Crippen molar-refractivity contribution >= 4 is 5.91 Å². The molecule has 2 aliphatic rings. The highest BCUT2D eigenvalue weighted by molar-refractivity contribution is 5.79. The molecule has 2 saturated heterocycles. The molecule has 0 saturated carbocycles. The smallest absolute Gasteiger partial charge is 0.225 e. The molecule has 2 fully saturated rings. The molecule has 0 spiro atoms. The fraction of sp³-hybridized carbons (Fsp3) is 0.588. The van der Waals surface area contributed by atoms with Crippen molar-refractivity contribution in [3.63, 3.8) is 0 Å². The Labute approximate surface area is 130 Å². The maximum Gasteiger partial charge on any atom is 0.225 e. The van der Waals surface area contributed by atoms with Gasteiger partial charge in [0.1, 0.15) is 11.9 Å². The number of carbonyl (C=O) groups excluding carboxylic acids is 1. The van der Waals surface area contributed by atoms with Gasteiger partial charge in [-0.2, -0.15) is 0 Å². The second kappa shape index (κ2) is 6.75. The monoisotopic (exact) mass is 306 g/mol. The Balaban J connectivity index is 1.64. The highest BCUT2D eigenvalue weighted by atomic mass is 19.1. The van der Waals surface area contributed by atoms with E-state index in [1.165, 1.54) is 12.1 Å². The molecule has 1 unspecified atom stereocenters. The number of ether oxygens (including phenoxy) is 1. The molecule has 2 heterocycles. The summed E-state index contributed by atoms with van der Waals surface area (Å²) < 4.78 is 18.8. The van der Waals surface area contributed by atoms with Crippen molar-refractivity contribution in [2.75, 3.05) is 26.2 Å². The molecular weight excluding hydrogens is 283 g/mol. The summed E-state index contributed by atoms with van der Waals surface area (Å²) in [5.41, 5.74) is 0.928. The second-order valence-electron chi connectivity index (χ2n) is 6.27. The molecule has 5 heteroatoms. The molecule has 4 nitrogen and oxygen atoms in total. The second-order valence-corrected chi connectivity index (χ2v) is 6.27. The molecule has 3 atom stereocenters. The van der Waals surface area contributed by atoms with Gasteiger partial charge >= 0.3 is 0 Å². The summed E-state index contributed by atoms with van der Waals surface area (Å²) in [4.78, 5) is 14.6. The van der Waals surface area contributed by atoms with E-state index in [4.69, 9.17) is 4.74 Å². The highest BCUT2D eigenvalue weighted by Gasteiger charge is 2.32. The Morgan fingerprint density at radius 3 is 2.86 bits per heavy atom. The third-order valence-electron chi connectivity index (χ3n) is 4.59. The number of amides is 1. The zero-order valence-electron chi connectivity index (χ0n) is 12.9. The van der Waals surface area contributed by atoms with E-state index in [-0.39, 0.29) is 23.7 Å². The number of hydrogen-bond donors (Lipinski definition) is 1. The fourth-order valence-corrected chi connectivity index (χ4v) is 3.34. The van der Waals surface area contributed by atoms with Crippen LogP contribution in [0, 0.1) is 11.7 Å². The lowest BCUT2D eigenvalue weighted by atomic mass is 9.91. The number of nitrogens with one attached hydrogen (secondary N) is 1. The minimum atomic E-state index is -0.254. The summed E-state index contributed by atoms with van der Waals surface area (Å²) in [6, 6.07) is 6.75. The first-order chi connectivity index (χ1) is 10.6. The average molecular weight is 306 g/mol. The lowest BCUT2D eigenvalue weighted by molar-refractivity contribution is -0.144. The summed E-state index contributed by atoms with van der Waals surface area (Å²) in [5, 5.41) is 3.38. The molecule has 1 aromatic carbocycles. The number of hydrogen-bond acceptors (Lipinski definition) is 3. The van der Waals surface area contributed by atoms with Gasteiger partial charge in [0.05, 0.1) is 13.2 Å². The Hall–Kier alpha value is -1.46. The van der Waals surface area contributed by atoms with Crippen LogP contribution in [0.4, 0.5) is 4.39 Å². The maximum atomic E-state index is 13.0. The molecule has 0 radical (unpaired) electrons. The van der Waals surface area contributed by atoms with Crippen molar-refractivity contribution in [3.8, 4) is 0 Å². The molecule has 2 aliphatic heterocycles. The van der Waals surface area contributed by atoms with Crippen LogP contribution >= 0.6 is 0 Å². The van der Waals surface area contributed by atoms with Crippen LogP contribution < -0.4 is 5.32 Å². The van der Waals surface area contributed by atoms with Gasteiger partial charge in [-0.15, -0.1) is 0 Å². The number of nitrogens with zero attached hydrogens (tertiary/aromatic N) is 1. The quantitative estimate of drug-likeness (QED) is 0.910. The van der Waals surface area contributed by atoms with E-state index in [1.54, 1.807) is 12.1 Å². The number of benzene rings is 1. The van der Waals surface area contributed by atoms with Gasteiger partial charge in [-0.25, -0.2) is 4.39 Å². The summed E-state index contributed by atoms with van der Waals surface area (Å²) >= 11 is 0. The van der Waals surface area contributed by atoms with Crippen molar-refractivity contribution in [1.82, 2.24) is 10.2 Å². The van der Waals surface area contributed by atoms with Crippen LogP contribution in [0.3, 0.4) is 0 Å². The fourth-order valence-electron chi connectivity index (χ4n) is 3.34. The highest BCUT2D eigenvalue weighted by Crippen LogP contribution is 2.25. The van der Waals surface area contributed by atoms with Crippen molar-refractivity contribution < 1.29 is 13.9 Å². The van der Waals surface area contributed by atoms with Gasteiger partial charge in [-0.3, -0.25) is 4.79 Å². The van der Waals surface area contributed by atoms with Gasteiger partial charge in [-0.1, -0.05) is 12.1 Å². The normalized spacial score (nSPS) is 29.4. The van der Waals surface area contributed by atoms with Crippen LogP contribution in [0.15, 0.2) is 24.3 Å². The van der Waals surface area contributed by atoms with E-state index < -0.39 is 0 Å². The zero-order chi connectivity index (χ0) is 15.5. The SMILES string of the molecule is C[C@H]1C[C@@H](C(=O)N2CCOC(c3ccc(F)cc3)C2)CCN1. The number of morpholine rings is 1. The lowest BCUT2D eigenvalue weighted by Crippen LogP contribution is -2.48. The number of carbonyl (C=O) groups is 1. The van der Waals surface area contributed by atoms with Crippen LogP contribution in [0.2, 0.25) is 0 Å². The van der Waals surface area contributed by atoms with Crippen LogP contribution in [-0.4, -0.2) is 43.1 Å². The largest absolute Gasteiger partial charge is 0.370 e. The van der Waals surface area contributed by atoms with Gasteiger partial charge in [-0.05, 0) is 44.0 Å². The van der Waals surface area contributed by atoms with E-state index in [0.717, 1.165) is 24.9 Å². The lowest BCUT2D eigenvalue weighted by Gasteiger charge is -2.37. The molecule has 3 rings (SSSR count). The van der Waals surface area contributed by atoms with Crippen LogP contribution in [0.25, 0.3) is 0 Å². The summed E-state index contributed by atoms with van der Waals surface area (Å²) in [5.74, 6) is 0.100. The topological polar surface area (TPSA) is 41.6 Å². The van der Waals surface area contributed by atoms with Crippen molar-refractivity contribution in [2.24, 2.45) is 5.92 Å². The van der Waals surface area contributed by atoms with Crippen molar-refractivity contribution in [3.05, 3.63) is 35.6 Å². The van der Waals surface area contributed by atoms with E-state index in [1.807, 2.05) is 4.90 Å². The summed E-state index contributed by atoms with van der Waals surface area (Å²) in [6.07, 6.45) is 1.65. The zero-order valence-corrected chi connectivity index (χ0v) is 12.9. The standard InChI is InChI=1S/C17H23FN2O2/c1-12-10-14(6-7-19-12)17(21)20-8-9-22-16(11-20)13-2-4-15(18)5-3-13/h2-5,12,14,16,19H,6-11H2,1H3/t12-,14-,16?/m0/s1. The molecule has 1 amide bonds. The van der Waals surface area contributed by atoms with Crippen LogP contribution in [0.5, 0.6) is 0 Å². The van der Waals surface area contributed by atoms with E-state index in [0.29, 0.717) is 25.7 Å². The maximum absolute atomic E-state index is 13.0. The first kappa shape index (κ1) is 15.4. The summed E-state index contributed by atoms with van der Waals surface area (Å²) in [6.45, 7) is 4.77. The van der Waals surface area contributed by atoms with Gasteiger partial charge in [0.15, 0.2) is 0 Å². The third kappa shape index (κ3) is 3.47. The summed E-state index contributed by atoms with van der Waals surface area (Å²) in [7, 11) is 0. The van der Waals surface area contributed by atoms with E-state index in [2.05, 4.69) is 12.2 Å². The predicted molar refractivity (Wildman–Crippen MR) is 81.9 cm³/mol. The van der Waals surface area contributed by atoms with Gasteiger partial charge in [0.25, 0.3) is 0 Å². The Morgan fingerprint density at radius 2 is 2.14 bits per heavy atom. The number of rotatable bonds is 2. The van der Waals surface area contributed by atoms with Gasteiger partial charge in [0, 0.05) is 18.5 Å². The Bertz CT molecular complexity index is 520. The average Bonchev–Trinajstić information content (AvgIpc) is 2.55. The van der Waals surface area contributed by atoms with E-state index >= 15 is 0 Å². The molecule has 22 heavy (non-hydrogen) atoms. The molecule has 0 bridgehead atoms. The third-order valence-corrected chi connectivity index (χ3v) is 4.59. The minimum Gasteiger partial charge on any atom is -0.370 e. The molecule has 0 aromatic heterocycles. The van der Waals surface area contributed by atoms with Gasteiger partial charge in [0.2, 0.25) is 5.91 Å². The Kier molecular flexibility index (Phi) is 4.74. The van der Waals surface area contributed by atoms with Crippen LogP contribution in [-0.2, 0) is 9.53 Å². The van der Waals surface area contributed by atoms with E-state index in [9.17, 15) is 9.18 Å². The number of piperidine rings is 1. The predicted octanol–water partition coefficient (Wildman–Crippen LogP) is 2.11. The molecule has 1 N–H and O–H groups in total. The first-order valence-corrected chi connectivity index (χ1v) is 8.02. The molecule has 120 valence electrons. The van der Waals surface area contributed by atoms with Crippen LogP contribution in [0.1, 0.15) is 31.4 Å². The molecule has 1 aromatic rings. The number of halogens is 1. The Morgan fingerprint density at radius 1 is 1.36 bits per heavy atom. The van der Waals surface area contributed by atoms with Crippen molar-refractivity contribution in [2.45, 2.75) is 31.9 Å². The molecule has 0 aliphatic carbocycles. The first-order valence-electron chi connectivity index (χ1n) is 8.02. The molecular formula is C17H23FN2O2.